The van der Waals surface area contributed by atoms with Crippen LogP contribution in [0.1, 0.15) is 36.1 Å². The van der Waals surface area contributed by atoms with E-state index in [4.69, 9.17) is 14.2 Å². The fourth-order valence-corrected chi connectivity index (χ4v) is 4.76. The molecule has 0 radical (unpaired) electrons. The van der Waals surface area contributed by atoms with Crippen LogP contribution in [0.25, 0.3) is 5.76 Å². The number of methoxy groups -OCH3 is 2. The largest absolute Gasteiger partial charge is 0.507 e. The van der Waals surface area contributed by atoms with Gasteiger partial charge in [0.25, 0.3) is 11.7 Å². The third-order valence-electron chi connectivity index (χ3n) is 6.45. The number of nitrogens with zero attached hydrogens (tertiary/aromatic N) is 2. The van der Waals surface area contributed by atoms with Crippen LogP contribution in [0, 0.1) is 0 Å². The molecule has 1 saturated heterocycles. The first-order valence-corrected chi connectivity index (χ1v) is 11.7. The molecule has 8 nitrogen and oxygen atoms in total. The maximum absolute atomic E-state index is 13.3. The lowest BCUT2D eigenvalue weighted by Crippen LogP contribution is -2.32. The van der Waals surface area contributed by atoms with Gasteiger partial charge in [0.05, 0.1) is 25.8 Å². The first kappa shape index (κ1) is 24.6. The minimum atomic E-state index is -0.790. The summed E-state index contributed by atoms with van der Waals surface area (Å²) >= 11 is 0. The average molecular weight is 481 g/mol. The molecule has 2 aliphatic rings. The van der Waals surface area contributed by atoms with E-state index in [0.717, 1.165) is 17.9 Å². The standard InChI is InChI=1S/C27H32N2O6/c1-16-13-18-14-17(7-10-21(18)35-16)25(30)23-24(20-9-8-19(33-4)15-22(20)34-5)29(27(32)26(23)31)12-6-11-28(2)3/h7-10,14-16,24,30H,6,11-13H2,1-5H3/b25-23+. The Labute approximate surface area is 205 Å². The molecule has 2 heterocycles. The molecule has 0 saturated carbocycles. The summed E-state index contributed by atoms with van der Waals surface area (Å²) < 4.78 is 16.7. The Morgan fingerprint density at radius 1 is 1.14 bits per heavy atom. The van der Waals surface area contributed by atoms with Crippen LogP contribution in [-0.2, 0) is 16.0 Å². The van der Waals surface area contributed by atoms with Crippen LogP contribution in [-0.4, -0.2) is 74.1 Å². The van der Waals surface area contributed by atoms with Gasteiger partial charge in [0.15, 0.2) is 0 Å². The van der Waals surface area contributed by atoms with Crippen LogP contribution < -0.4 is 14.2 Å². The Hall–Kier alpha value is -3.52. The average Bonchev–Trinajstić information content (AvgIpc) is 3.33. The number of hydrogen-bond donors (Lipinski definition) is 1. The Bertz CT molecular complexity index is 1170. The van der Waals surface area contributed by atoms with E-state index in [9.17, 15) is 14.7 Å². The summed E-state index contributed by atoms with van der Waals surface area (Å²) in [7, 11) is 6.99. The number of benzene rings is 2. The van der Waals surface area contributed by atoms with E-state index in [1.807, 2.05) is 32.0 Å². The van der Waals surface area contributed by atoms with Crippen molar-refractivity contribution in [3.8, 4) is 17.2 Å². The van der Waals surface area contributed by atoms with Crippen molar-refractivity contribution < 1.29 is 28.9 Å². The molecule has 0 aliphatic carbocycles. The zero-order valence-electron chi connectivity index (χ0n) is 20.8. The van der Waals surface area contributed by atoms with Crippen LogP contribution in [0.3, 0.4) is 0 Å². The maximum Gasteiger partial charge on any atom is 0.295 e. The minimum absolute atomic E-state index is 0.0493. The molecule has 0 aromatic heterocycles. The minimum Gasteiger partial charge on any atom is -0.507 e. The Morgan fingerprint density at radius 3 is 2.60 bits per heavy atom. The molecule has 4 rings (SSSR count). The van der Waals surface area contributed by atoms with Gasteiger partial charge in [-0.25, -0.2) is 0 Å². The lowest BCUT2D eigenvalue weighted by molar-refractivity contribution is -0.140. The van der Waals surface area contributed by atoms with Crippen LogP contribution in [0.4, 0.5) is 0 Å². The van der Waals surface area contributed by atoms with Crippen LogP contribution in [0.2, 0.25) is 0 Å². The van der Waals surface area contributed by atoms with E-state index >= 15 is 0 Å². The summed E-state index contributed by atoms with van der Waals surface area (Å²) in [6.45, 7) is 3.09. The van der Waals surface area contributed by atoms with Gasteiger partial charge in [-0.15, -0.1) is 0 Å². The number of ketones is 1. The molecular weight excluding hydrogens is 448 g/mol. The highest BCUT2D eigenvalue weighted by Gasteiger charge is 2.47. The molecule has 8 heteroatoms. The summed E-state index contributed by atoms with van der Waals surface area (Å²) in [6.07, 6.45) is 1.43. The number of aliphatic hydroxyl groups excluding tert-OH is 1. The molecule has 0 spiro atoms. The van der Waals surface area contributed by atoms with Gasteiger partial charge in [0, 0.05) is 30.2 Å². The second-order valence-electron chi connectivity index (χ2n) is 9.21. The van der Waals surface area contributed by atoms with Crippen LogP contribution in [0.15, 0.2) is 42.0 Å². The third-order valence-corrected chi connectivity index (χ3v) is 6.45. The van der Waals surface area contributed by atoms with Gasteiger partial charge >= 0.3 is 0 Å². The highest BCUT2D eigenvalue weighted by atomic mass is 16.5. The van der Waals surface area contributed by atoms with E-state index in [0.29, 0.717) is 42.0 Å². The van der Waals surface area contributed by atoms with Crippen molar-refractivity contribution >= 4 is 17.4 Å². The quantitative estimate of drug-likeness (QED) is 0.352. The Kier molecular flexibility index (Phi) is 7.03. The zero-order chi connectivity index (χ0) is 25.3. The molecule has 1 fully saturated rings. The highest BCUT2D eigenvalue weighted by Crippen LogP contribution is 2.44. The van der Waals surface area contributed by atoms with E-state index < -0.39 is 17.7 Å². The monoisotopic (exact) mass is 480 g/mol. The number of rotatable bonds is 8. The summed E-state index contributed by atoms with van der Waals surface area (Å²) in [4.78, 5) is 30.1. The summed E-state index contributed by atoms with van der Waals surface area (Å²) in [5, 5.41) is 11.4. The number of carbonyl (C=O) groups excluding carboxylic acids is 2. The van der Waals surface area contributed by atoms with Gasteiger partial charge in [-0.2, -0.15) is 0 Å². The molecule has 2 aromatic carbocycles. The predicted octanol–water partition coefficient (Wildman–Crippen LogP) is 3.40. The second-order valence-corrected chi connectivity index (χ2v) is 9.21. The zero-order valence-corrected chi connectivity index (χ0v) is 20.8. The Balaban J connectivity index is 1.83. The van der Waals surface area contributed by atoms with Gasteiger partial charge in [0.2, 0.25) is 0 Å². The van der Waals surface area contributed by atoms with Crippen molar-refractivity contribution in [3.05, 3.63) is 58.7 Å². The van der Waals surface area contributed by atoms with Crippen molar-refractivity contribution in [3.63, 3.8) is 0 Å². The third kappa shape index (κ3) is 4.71. The lowest BCUT2D eigenvalue weighted by Gasteiger charge is -2.27. The van der Waals surface area contributed by atoms with Crippen molar-refractivity contribution in [2.75, 3.05) is 41.4 Å². The Morgan fingerprint density at radius 2 is 1.91 bits per heavy atom. The van der Waals surface area contributed by atoms with Gasteiger partial charge < -0.3 is 29.1 Å². The molecule has 2 aromatic rings. The first-order valence-electron chi connectivity index (χ1n) is 11.7. The topological polar surface area (TPSA) is 88.5 Å². The number of aliphatic hydroxyl groups is 1. The molecule has 1 N–H and O–H groups in total. The number of ether oxygens (including phenoxy) is 3. The second kappa shape index (κ2) is 10.00. The summed E-state index contributed by atoms with van der Waals surface area (Å²) in [5.74, 6) is 0.278. The number of carbonyl (C=O) groups is 2. The molecule has 2 unspecified atom stereocenters. The van der Waals surface area contributed by atoms with Crippen LogP contribution in [0.5, 0.6) is 17.2 Å². The van der Waals surface area contributed by atoms with Gasteiger partial charge in [-0.1, -0.05) is 0 Å². The summed E-state index contributed by atoms with van der Waals surface area (Å²) in [5.41, 5.74) is 2.10. The predicted molar refractivity (Wildman–Crippen MR) is 132 cm³/mol. The molecule has 2 atom stereocenters. The first-order chi connectivity index (χ1) is 16.7. The number of amides is 1. The van der Waals surface area contributed by atoms with E-state index in [-0.39, 0.29) is 17.4 Å². The SMILES string of the molecule is COc1ccc(C2/C(=C(\O)c3ccc4c(c3)CC(C)O4)C(=O)C(=O)N2CCCN(C)C)c(OC)c1. The number of likely N-dealkylation sites (tertiary alicyclic amines) is 1. The van der Waals surface area contributed by atoms with Crippen molar-refractivity contribution in [2.24, 2.45) is 0 Å². The smallest absolute Gasteiger partial charge is 0.295 e. The number of fused-ring (bicyclic) bond motifs is 1. The van der Waals surface area contributed by atoms with Gasteiger partial charge in [0.1, 0.15) is 29.1 Å². The normalized spacial score (nSPS) is 20.8. The molecular formula is C27H32N2O6. The van der Waals surface area contributed by atoms with E-state index in [1.54, 1.807) is 37.4 Å². The van der Waals surface area contributed by atoms with Crippen LogP contribution >= 0.6 is 0 Å². The van der Waals surface area contributed by atoms with Crippen molar-refractivity contribution in [2.45, 2.75) is 31.9 Å². The fraction of sp³-hybridized carbons (Fsp3) is 0.407. The number of hydrogen-bond acceptors (Lipinski definition) is 7. The lowest BCUT2D eigenvalue weighted by atomic mass is 9.93. The van der Waals surface area contributed by atoms with Crippen molar-refractivity contribution in [1.29, 1.82) is 0 Å². The van der Waals surface area contributed by atoms with Gasteiger partial charge in [-0.05, 0) is 69.9 Å². The van der Waals surface area contributed by atoms with E-state index in [1.165, 1.54) is 12.0 Å². The fourth-order valence-electron chi connectivity index (χ4n) is 4.76. The molecule has 2 aliphatic heterocycles. The molecule has 35 heavy (non-hydrogen) atoms. The number of Topliss-reactive ketones (excluding diaryl/α,β-unsaturated/α-hetero) is 1. The molecule has 1 amide bonds. The summed E-state index contributed by atoms with van der Waals surface area (Å²) in [6, 6.07) is 9.79. The molecule has 186 valence electrons. The van der Waals surface area contributed by atoms with Gasteiger partial charge in [-0.3, -0.25) is 9.59 Å². The highest BCUT2D eigenvalue weighted by molar-refractivity contribution is 6.46. The van der Waals surface area contributed by atoms with Crippen molar-refractivity contribution in [1.82, 2.24) is 9.80 Å². The van der Waals surface area contributed by atoms with E-state index in [2.05, 4.69) is 0 Å². The maximum atomic E-state index is 13.3. The molecule has 0 bridgehead atoms.